The molecule has 0 radical (unpaired) electrons. The van der Waals surface area contributed by atoms with Crippen LogP contribution in [0.15, 0.2) is 29.5 Å². The van der Waals surface area contributed by atoms with Crippen molar-refractivity contribution in [3.63, 3.8) is 0 Å². The Morgan fingerprint density at radius 2 is 2.18 bits per heavy atom. The van der Waals surface area contributed by atoms with E-state index in [-0.39, 0.29) is 19.0 Å². The molecule has 94 valence electrons. The van der Waals surface area contributed by atoms with Crippen molar-refractivity contribution in [1.82, 2.24) is 10.6 Å². The molecule has 2 amide bonds. The zero-order valence-corrected chi connectivity index (χ0v) is 9.43. The molecule has 1 aromatic carbocycles. The predicted molar refractivity (Wildman–Crippen MR) is 61.7 cm³/mol. The second kappa shape index (κ2) is 7.39. The molecule has 0 aromatic heterocycles. The predicted octanol–water partition coefficient (Wildman–Crippen LogP) is 1.25. The Morgan fingerprint density at radius 3 is 2.76 bits per heavy atom. The van der Waals surface area contributed by atoms with Crippen LogP contribution in [-0.2, 0) is 6.54 Å². The Bertz CT molecular complexity index is 414. The van der Waals surface area contributed by atoms with Crippen LogP contribution in [0.5, 0.6) is 0 Å². The van der Waals surface area contributed by atoms with Gasteiger partial charge in [-0.15, -0.1) is 12.4 Å². The molecular formula is C9H11ClF2N4O. The van der Waals surface area contributed by atoms with Gasteiger partial charge in [0.05, 0.1) is 0 Å². The van der Waals surface area contributed by atoms with Crippen molar-refractivity contribution in [2.45, 2.75) is 6.54 Å². The SMILES string of the molecule is Cl.NC(=NF)NC(=O)NCc1cccc(F)c1. The minimum atomic E-state index is -0.719. The second-order valence-corrected chi connectivity index (χ2v) is 2.91. The largest absolute Gasteiger partial charge is 0.367 e. The highest BCUT2D eigenvalue weighted by Crippen LogP contribution is 2.02. The van der Waals surface area contributed by atoms with Crippen LogP contribution < -0.4 is 16.4 Å². The van der Waals surface area contributed by atoms with Gasteiger partial charge in [0, 0.05) is 6.54 Å². The van der Waals surface area contributed by atoms with Crippen LogP contribution in [0.25, 0.3) is 0 Å². The highest BCUT2D eigenvalue weighted by atomic mass is 35.5. The van der Waals surface area contributed by atoms with Crippen LogP contribution in [0.3, 0.4) is 0 Å². The second-order valence-electron chi connectivity index (χ2n) is 2.91. The molecule has 0 atom stereocenters. The number of urea groups is 1. The molecular weight excluding hydrogens is 254 g/mol. The van der Waals surface area contributed by atoms with Crippen molar-refractivity contribution in [3.8, 4) is 0 Å². The monoisotopic (exact) mass is 264 g/mol. The maximum Gasteiger partial charge on any atom is 0.321 e. The summed E-state index contributed by atoms with van der Waals surface area (Å²) in [6.07, 6.45) is 0. The lowest BCUT2D eigenvalue weighted by Gasteiger charge is -2.05. The fourth-order valence-electron chi connectivity index (χ4n) is 1.01. The Kier molecular flexibility index (Phi) is 6.57. The first-order valence-corrected chi connectivity index (χ1v) is 4.35. The molecule has 0 saturated carbocycles. The molecule has 0 fully saturated rings. The summed E-state index contributed by atoms with van der Waals surface area (Å²) in [6, 6.07) is 4.99. The Balaban J connectivity index is 0.00000256. The number of nitrogens with one attached hydrogen (secondary N) is 2. The molecule has 0 saturated heterocycles. The van der Waals surface area contributed by atoms with E-state index in [1.807, 2.05) is 5.32 Å². The van der Waals surface area contributed by atoms with Gasteiger partial charge in [-0.1, -0.05) is 21.8 Å². The molecule has 0 aliphatic rings. The van der Waals surface area contributed by atoms with Crippen LogP contribution in [0.4, 0.5) is 13.7 Å². The molecule has 8 heteroatoms. The van der Waals surface area contributed by atoms with E-state index in [2.05, 4.69) is 10.5 Å². The molecule has 4 N–H and O–H groups in total. The molecule has 0 aliphatic heterocycles. The average Bonchev–Trinajstić information content (AvgIpc) is 2.26. The third kappa shape index (κ3) is 5.67. The van der Waals surface area contributed by atoms with E-state index in [0.29, 0.717) is 5.56 Å². The molecule has 17 heavy (non-hydrogen) atoms. The minimum Gasteiger partial charge on any atom is -0.367 e. The van der Waals surface area contributed by atoms with Gasteiger partial charge in [0.15, 0.2) is 0 Å². The molecule has 1 aromatic rings. The summed E-state index contributed by atoms with van der Waals surface area (Å²) in [5.41, 5.74) is 5.48. The van der Waals surface area contributed by atoms with Crippen molar-refractivity contribution in [1.29, 1.82) is 0 Å². The smallest absolute Gasteiger partial charge is 0.321 e. The van der Waals surface area contributed by atoms with Crippen LogP contribution in [0.2, 0.25) is 0 Å². The molecule has 0 bridgehead atoms. The maximum absolute atomic E-state index is 12.7. The fourth-order valence-corrected chi connectivity index (χ4v) is 1.01. The molecule has 0 heterocycles. The van der Waals surface area contributed by atoms with Gasteiger partial charge in [0.2, 0.25) is 5.96 Å². The van der Waals surface area contributed by atoms with Crippen molar-refractivity contribution in [2.24, 2.45) is 10.9 Å². The van der Waals surface area contributed by atoms with Crippen molar-refractivity contribution >= 4 is 24.4 Å². The van der Waals surface area contributed by atoms with Gasteiger partial charge < -0.3 is 11.1 Å². The number of amides is 2. The standard InChI is InChI=1S/C9H10F2N4O.ClH/c10-7-3-1-2-6(4-7)5-13-9(16)14-8(12)15-11;/h1-4H,5H2,(H4,12,13,14,15,16);1H. The number of nitrogens with zero attached hydrogens (tertiary/aromatic N) is 1. The molecule has 5 nitrogen and oxygen atoms in total. The van der Waals surface area contributed by atoms with E-state index in [4.69, 9.17) is 5.73 Å². The summed E-state index contributed by atoms with van der Waals surface area (Å²) in [7, 11) is 0. The average molecular weight is 265 g/mol. The Morgan fingerprint density at radius 1 is 1.47 bits per heavy atom. The number of carbonyl (C=O) groups is 1. The zero-order chi connectivity index (χ0) is 12.0. The van der Waals surface area contributed by atoms with Gasteiger partial charge in [-0.25, -0.2) is 9.18 Å². The first-order valence-electron chi connectivity index (χ1n) is 4.35. The van der Waals surface area contributed by atoms with E-state index < -0.39 is 17.8 Å². The Hall–Kier alpha value is -1.89. The molecule has 1 rings (SSSR count). The van der Waals surface area contributed by atoms with Crippen molar-refractivity contribution in [3.05, 3.63) is 35.6 Å². The summed E-state index contributed by atoms with van der Waals surface area (Å²) >= 11 is 0. The number of benzene rings is 1. The molecule has 0 aliphatic carbocycles. The summed E-state index contributed by atoms with van der Waals surface area (Å²) in [5, 5.41) is 6.33. The number of hydrogen-bond acceptors (Lipinski definition) is 2. The van der Waals surface area contributed by atoms with Crippen LogP contribution >= 0.6 is 12.4 Å². The lowest BCUT2D eigenvalue weighted by molar-refractivity contribution is 0.244. The van der Waals surface area contributed by atoms with E-state index >= 15 is 0 Å². The number of nitrogens with two attached hydrogens (primary N) is 1. The number of hydrogen-bond donors (Lipinski definition) is 3. The normalized spacial score (nSPS) is 10.4. The van der Waals surface area contributed by atoms with Gasteiger partial charge in [-0.05, 0) is 17.7 Å². The van der Waals surface area contributed by atoms with Gasteiger partial charge in [-0.2, -0.15) is 0 Å². The van der Waals surface area contributed by atoms with Gasteiger partial charge in [-0.3, -0.25) is 5.32 Å². The number of rotatable bonds is 2. The third-order valence-electron chi connectivity index (χ3n) is 1.67. The van der Waals surface area contributed by atoms with E-state index in [1.165, 1.54) is 18.2 Å². The number of halogens is 3. The fraction of sp³-hybridized carbons (Fsp3) is 0.111. The first-order chi connectivity index (χ1) is 7.61. The lowest BCUT2D eigenvalue weighted by atomic mass is 10.2. The third-order valence-corrected chi connectivity index (χ3v) is 1.67. The van der Waals surface area contributed by atoms with E-state index in [0.717, 1.165) is 0 Å². The van der Waals surface area contributed by atoms with Crippen LogP contribution in [-0.4, -0.2) is 12.0 Å². The molecule has 0 spiro atoms. The van der Waals surface area contributed by atoms with Gasteiger partial charge in [0.1, 0.15) is 5.82 Å². The minimum absolute atomic E-state index is 0. The van der Waals surface area contributed by atoms with Crippen molar-refractivity contribution in [2.75, 3.05) is 0 Å². The quantitative estimate of drug-likeness (QED) is 0.555. The molecule has 0 unspecified atom stereocenters. The van der Waals surface area contributed by atoms with Crippen molar-refractivity contribution < 1.29 is 13.7 Å². The number of guanidine groups is 1. The lowest BCUT2D eigenvalue weighted by Crippen LogP contribution is -2.42. The van der Waals surface area contributed by atoms with E-state index in [9.17, 15) is 13.7 Å². The zero-order valence-electron chi connectivity index (χ0n) is 8.61. The highest BCUT2D eigenvalue weighted by molar-refractivity contribution is 5.94. The summed E-state index contributed by atoms with van der Waals surface area (Å²) < 4.78 is 24.3. The van der Waals surface area contributed by atoms with Crippen LogP contribution in [0, 0.1) is 5.82 Å². The first kappa shape index (κ1) is 15.1. The van der Waals surface area contributed by atoms with Gasteiger partial charge in [0.25, 0.3) is 0 Å². The highest BCUT2D eigenvalue weighted by Gasteiger charge is 2.02. The van der Waals surface area contributed by atoms with Gasteiger partial charge >= 0.3 is 6.03 Å². The van der Waals surface area contributed by atoms with E-state index in [1.54, 1.807) is 6.07 Å². The van der Waals surface area contributed by atoms with Crippen LogP contribution in [0.1, 0.15) is 5.56 Å². The topological polar surface area (TPSA) is 79.5 Å². The summed E-state index contributed by atoms with van der Waals surface area (Å²) in [5.74, 6) is -1.04. The maximum atomic E-state index is 12.7. The summed E-state index contributed by atoms with van der Waals surface area (Å²) in [4.78, 5) is 11.0. The summed E-state index contributed by atoms with van der Waals surface area (Å²) in [6.45, 7) is 0.100. The number of carbonyl (C=O) groups excluding carboxylic acids is 1. The Labute approximate surface area is 102 Å².